The lowest BCUT2D eigenvalue weighted by Gasteiger charge is -2.40. The fourth-order valence-electron chi connectivity index (χ4n) is 3.55. The number of nitrogens with two attached hydrogens (primary N) is 1. The Hall–Kier alpha value is -2.07. The fourth-order valence-corrected chi connectivity index (χ4v) is 5.88. The summed E-state index contributed by atoms with van der Waals surface area (Å²) in [4.78, 5) is 25.0. The molecule has 0 bridgehead atoms. The molecule has 0 aromatic carbocycles. The van der Waals surface area contributed by atoms with E-state index in [1.54, 1.807) is 29.4 Å². The van der Waals surface area contributed by atoms with E-state index in [0.717, 1.165) is 0 Å². The molecule has 2 aromatic rings. The number of rotatable bonds is 9. The number of esters is 1. The van der Waals surface area contributed by atoms with Gasteiger partial charge in [-0.25, -0.2) is 19.6 Å². The topological polar surface area (TPSA) is 135 Å². The van der Waals surface area contributed by atoms with E-state index in [9.17, 15) is 9.36 Å². The van der Waals surface area contributed by atoms with Gasteiger partial charge in [-0.15, -0.1) is 0 Å². The first kappa shape index (κ1) is 23.6. The van der Waals surface area contributed by atoms with Crippen LogP contribution >= 0.6 is 7.52 Å². The first-order valence-electron chi connectivity index (χ1n) is 10.4. The molecule has 31 heavy (non-hydrogen) atoms. The third-order valence-corrected chi connectivity index (χ3v) is 7.25. The molecule has 3 rings (SSSR count). The summed E-state index contributed by atoms with van der Waals surface area (Å²) in [5, 5.41) is 0. The summed E-state index contributed by atoms with van der Waals surface area (Å²) in [6, 6.07) is -0.658. The highest BCUT2D eigenvalue weighted by molar-refractivity contribution is 7.56. The van der Waals surface area contributed by atoms with Gasteiger partial charge in [0.1, 0.15) is 24.2 Å². The number of ether oxygens (including phenoxy) is 2. The van der Waals surface area contributed by atoms with Crippen LogP contribution in [0.3, 0.4) is 0 Å². The predicted molar refractivity (Wildman–Crippen MR) is 115 cm³/mol. The van der Waals surface area contributed by atoms with E-state index in [4.69, 9.17) is 19.7 Å². The van der Waals surface area contributed by atoms with Crippen molar-refractivity contribution in [3.8, 4) is 0 Å². The Morgan fingerprint density at radius 2 is 2.06 bits per heavy atom. The highest BCUT2D eigenvalue weighted by atomic mass is 31.2. The van der Waals surface area contributed by atoms with Crippen molar-refractivity contribution < 1.29 is 23.4 Å². The van der Waals surface area contributed by atoms with E-state index < -0.39 is 19.5 Å². The van der Waals surface area contributed by atoms with Crippen molar-refractivity contribution in [2.24, 2.45) is 5.92 Å². The first-order chi connectivity index (χ1) is 14.7. The highest BCUT2D eigenvalue weighted by Crippen LogP contribution is 2.55. The van der Waals surface area contributed by atoms with Gasteiger partial charge in [0.2, 0.25) is 0 Å². The summed E-state index contributed by atoms with van der Waals surface area (Å²) in [7, 11) is -3.35. The number of hydrogen-bond donors (Lipinski definition) is 1. The Kier molecular flexibility index (Phi) is 7.64. The summed E-state index contributed by atoms with van der Waals surface area (Å²) in [6.07, 6.45) is 3.31. The Bertz CT molecular complexity index is 949. The Morgan fingerprint density at radius 3 is 2.77 bits per heavy atom. The number of nitrogens with zero attached hydrogens (tertiary/aromatic N) is 5. The molecule has 2 aromatic heterocycles. The zero-order valence-electron chi connectivity index (χ0n) is 18.4. The Balaban J connectivity index is 1.65. The SMILES string of the molecule is CC(C)OC(=O)[C@H](C(C)C)N1CCCO[P@]1(=O)COCCn1cnc2c(N)ncnc21. The van der Waals surface area contributed by atoms with Gasteiger partial charge in [-0.3, -0.25) is 9.36 Å². The van der Waals surface area contributed by atoms with Crippen molar-refractivity contribution in [2.45, 2.75) is 52.8 Å². The second-order valence-electron chi connectivity index (χ2n) is 8.07. The largest absolute Gasteiger partial charge is 0.462 e. The van der Waals surface area contributed by atoms with Crippen molar-refractivity contribution in [1.29, 1.82) is 0 Å². The minimum atomic E-state index is -3.35. The van der Waals surface area contributed by atoms with Gasteiger partial charge in [-0.2, -0.15) is 0 Å². The second-order valence-corrected chi connectivity index (χ2v) is 10.4. The van der Waals surface area contributed by atoms with Crippen molar-refractivity contribution in [2.75, 3.05) is 31.8 Å². The number of imidazole rings is 1. The Morgan fingerprint density at radius 1 is 1.29 bits per heavy atom. The van der Waals surface area contributed by atoms with Crippen molar-refractivity contribution >= 4 is 30.5 Å². The van der Waals surface area contributed by atoms with Crippen LogP contribution < -0.4 is 5.73 Å². The summed E-state index contributed by atoms with van der Waals surface area (Å²) >= 11 is 0. The van der Waals surface area contributed by atoms with Crippen LogP contribution in [0.1, 0.15) is 34.1 Å². The van der Waals surface area contributed by atoms with E-state index >= 15 is 0 Å². The van der Waals surface area contributed by atoms with E-state index in [1.807, 2.05) is 13.8 Å². The molecule has 172 valence electrons. The molecule has 2 N–H and O–H groups in total. The van der Waals surface area contributed by atoms with Crippen LogP contribution in [0, 0.1) is 5.92 Å². The summed E-state index contributed by atoms with van der Waals surface area (Å²) < 4.78 is 33.9. The average Bonchev–Trinajstić information content (AvgIpc) is 3.11. The number of aromatic nitrogens is 4. The lowest BCUT2D eigenvalue weighted by atomic mass is 10.0. The zero-order chi connectivity index (χ0) is 22.6. The highest BCUT2D eigenvalue weighted by Gasteiger charge is 2.44. The molecule has 1 saturated heterocycles. The molecule has 1 fully saturated rings. The van der Waals surface area contributed by atoms with E-state index in [2.05, 4.69) is 15.0 Å². The second kappa shape index (κ2) is 10.0. The minimum absolute atomic E-state index is 0.0938. The molecular formula is C19H31N6O5P. The zero-order valence-corrected chi connectivity index (χ0v) is 19.3. The minimum Gasteiger partial charge on any atom is -0.462 e. The van der Waals surface area contributed by atoms with Gasteiger partial charge in [0.15, 0.2) is 11.5 Å². The van der Waals surface area contributed by atoms with Crippen LogP contribution in [0.2, 0.25) is 0 Å². The van der Waals surface area contributed by atoms with Crippen molar-refractivity contribution in [3.05, 3.63) is 12.7 Å². The van der Waals surface area contributed by atoms with Crippen LogP contribution in [0.15, 0.2) is 12.7 Å². The van der Waals surface area contributed by atoms with Crippen LogP contribution in [0.5, 0.6) is 0 Å². The number of fused-ring (bicyclic) bond motifs is 1. The standard InChI is InChI=1S/C19H31N6O5P/c1-13(2)16(19(26)30-14(3)4)25-6-5-8-29-31(25,27)12-28-9-7-24-11-23-15-17(20)21-10-22-18(15)24/h10-11,13-14,16H,5-9,12H2,1-4H3,(H2,20,21,22)/t16-,31+/m0/s1. The maximum atomic E-state index is 13.6. The molecule has 0 amide bonds. The molecular weight excluding hydrogens is 423 g/mol. The van der Waals surface area contributed by atoms with Gasteiger partial charge in [-0.1, -0.05) is 13.8 Å². The van der Waals surface area contributed by atoms with Gasteiger partial charge in [0, 0.05) is 13.1 Å². The number of carbonyl (C=O) groups excluding carboxylic acids is 1. The number of hydrogen-bond acceptors (Lipinski definition) is 9. The molecule has 0 saturated carbocycles. The predicted octanol–water partition coefficient (Wildman–Crippen LogP) is 2.27. The molecule has 0 aliphatic carbocycles. The monoisotopic (exact) mass is 454 g/mol. The lowest BCUT2D eigenvalue weighted by Crippen LogP contribution is -2.47. The van der Waals surface area contributed by atoms with Gasteiger partial charge < -0.3 is 24.3 Å². The van der Waals surface area contributed by atoms with Crippen LogP contribution in [0.4, 0.5) is 5.82 Å². The third-order valence-electron chi connectivity index (χ3n) is 4.92. The Labute approximate surface area is 181 Å². The average molecular weight is 454 g/mol. The van der Waals surface area contributed by atoms with Gasteiger partial charge in [0.05, 0.1) is 25.6 Å². The van der Waals surface area contributed by atoms with Crippen LogP contribution in [0.25, 0.3) is 11.2 Å². The van der Waals surface area contributed by atoms with Crippen molar-refractivity contribution in [3.63, 3.8) is 0 Å². The first-order valence-corrected chi connectivity index (χ1v) is 12.2. The molecule has 1 aliphatic rings. The van der Waals surface area contributed by atoms with E-state index in [0.29, 0.717) is 43.1 Å². The lowest BCUT2D eigenvalue weighted by molar-refractivity contribution is -0.154. The van der Waals surface area contributed by atoms with Crippen LogP contribution in [-0.4, -0.2) is 68.4 Å². The normalized spacial score (nSPS) is 21.1. The van der Waals surface area contributed by atoms with Crippen molar-refractivity contribution in [1.82, 2.24) is 24.2 Å². The molecule has 12 heteroatoms. The van der Waals surface area contributed by atoms with Gasteiger partial charge in [0.25, 0.3) is 7.52 Å². The molecule has 1 aliphatic heterocycles. The third kappa shape index (κ3) is 5.41. The summed E-state index contributed by atoms with van der Waals surface area (Å²) in [5.41, 5.74) is 6.94. The smallest absolute Gasteiger partial charge is 0.324 e. The molecule has 11 nitrogen and oxygen atoms in total. The molecule has 0 radical (unpaired) electrons. The maximum Gasteiger partial charge on any atom is 0.324 e. The summed E-state index contributed by atoms with van der Waals surface area (Å²) in [6.45, 7) is 8.96. The molecule has 0 unspecified atom stereocenters. The van der Waals surface area contributed by atoms with E-state index in [1.165, 1.54) is 6.33 Å². The van der Waals surface area contributed by atoms with Crippen LogP contribution in [-0.2, 0) is 29.9 Å². The van der Waals surface area contributed by atoms with Gasteiger partial charge in [-0.05, 0) is 26.2 Å². The molecule has 0 spiro atoms. The number of nitrogen functional groups attached to an aromatic ring is 1. The number of anilines is 1. The number of carbonyl (C=O) groups is 1. The quantitative estimate of drug-likeness (QED) is 0.341. The molecule has 3 heterocycles. The maximum absolute atomic E-state index is 13.6. The summed E-state index contributed by atoms with van der Waals surface area (Å²) in [5.74, 6) is -0.171. The van der Waals surface area contributed by atoms with E-state index in [-0.39, 0.29) is 25.0 Å². The fraction of sp³-hybridized carbons (Fsp3) is 0.684. The van der Waals surface area contributed by atoms with Gasteiger partial charge >= 0.3 is 5.97 Å². The molecule has 2 atom stereocenters.